The van der Waals surface area contributed by atoms with Gasteiger partial charge in [0.2, 0.25) is 0 Å². The van der Waals surface area contributed by atoms with Gasteiger partial charge in [0.15, 0.2) is 6.61 Å². The summed E-state index contributed by atoms with van der Waals surface area (Å²) < 4.78 is 20.7. The molecule has 1 aromatic rings. The van der Waals surface area contributed by atoms with E-state index in [1.807, 2.05) is 27.7 Å². The molecule has 1 aliphatic heterocycles. The Hall–Kier alpha value is -3.57. The first-order chi connectivity index (χ1) is 49.6. The van der Waals surface area contributed by atoms with E-state index in [1.165, 1.54) is 95.5 Å². The molecule has 7 fully saturated rings. The third-order valence-corrected chi connectivity index (χ3v) is 25.4. The second kappa shape index (κ2) is 48.3. The van der Waals surface area contributed by atoms with E-state index in [9.17, 15) is 14.4 Å². The lowest BCUT2D eigenvalue weighted by Gasteiger charge is -2.34. The van der Waals surface area contributed by atoms with Crippen molar-refractivity contribution in [2.24, 2.45) is 111 Å². The summed E-state index contributed by atoms with van der Waals surface area (Å²) in [6.07, 6.45) is 40.0. The van der Waals surface area contributed by atoms with Crippen LogP contribution in [0.3, 0.4) is 0 Å². The quantitative estimate of drug-likeness (QED) is 0.153. The number of Topliss-reactive ketones (excluding diaryl/α,β-unsaturated/α-hetero) is 1. The van der Waals surface area contributed by atoms with E-state index < -0.39 is 0 Å². The van der Waals surface area contributed by atoms with Gasteiger partial charge in [-0.15, -0.1) is 25.2 Å². The van der Waals surface area contributed by atoms with Crippen molar-refractivity contribution in [1.29, 1.82) is 0 Å². The van der Waals surface area contributed by atoms with Gasteiger partial charge in [-0.25, -0.2) is 0 Å². The Morgan fingerprint density at radius 2 is 0.784 bits per heavy atom. The number of carbonyl (C=O) groups is 3. The van der Waals surface area contributed by atoms with Crippen molar-refractivity contribution < 1.29 is 33.3 Å². The zero-order valence-electron chi connectivity index (χ0n) is 82.5. The summed E-state index contributed by atoms with van der Waals surface area (Å²) >= 11 is 0. The number of terminal acetylenes is 3. The summed E-state index contributed by atoms with van der Waals surface area (Å²) in [6, 6.07) is 10.6. The van der Waals surface area contributed by atoms with Crippen molar-refractivity contribution in [2.45, 2.75) is 425 Å². The lowest BCUT2D eigenvalue weighted by molar-refractivity contribution is -0.154. The average Bonchev–Trinajstić information content (AvgIpc) is 1.61. The number of ketones is 1. The van der Waals surface area contributed by atoms with E-state index >= 15 is 0 Å². The highest BCUT2D eigenvalue weighted by atomic mass is 16.5. The molecule has 1 atom stereocenters. The Kier molecular flexibility index (Phi) is 49.5. The molecule has 0 radical (unpaired) electrons. The molecule has 650 valence electrons. The van der Waals surface area contributed by atoms with E-state index in [2.05, 4.69) is 311 Å². The van der Waals surface area contributed by atoms with Gasteiger partial charge in [0.25, 0.3) is 0 Å². The van der Waals surface area contributed by atoms with E-state index in [1.54, 1.807) is 6.92 Å². The molecule has 0 bridgehead atoms. The van der Waals surface area contributed by atoms with Gasteiger partial charge in [0.05, 0.1) is 24.0 Å². The summed E-state index contributed by atoms with van der Waals surface area (Å²) in [7, 11) is 0. The fourth-order valence-corrected chi connectivity index (χ4v) is 12.0. The van der Waals surface area contributed by atoms with Crippen LogP contribution >= 0.6 is 0 Å². The first kappa shape index (κ1) is 114. The lowest BCUT2D eigenvalue weighted by atomic mass is 9.71. The maximum absolute atomic E-state index is 11.6. The first-order valence-corrected chi connectivity index (χ1v) is 44.0. The van der Waals surface area contributed by atoms with Crippen LogP contribution in [-0.4, -0.2) is 57.4 Å². The Balaban J connectivity index is -0.000000566. The van der Waals surface area contributed by atoms with Gasteiger partial charge < -0.3 is 18.9 Å². The minimum Gasteiger partial charge on any atom is -0.466 e. The standard InChI is InChI=1S/C11H16O2.C11H18O.C10H18O2.C10H20.C10H14.C9H18.C8H16O.C8H18.C7H14.C7H16.C7H12.C6H12O/c1-5-8-13-9(12)11(6-7-11)10(2,3)4;1-5-8-12-9-11(6-7-11)10(2,3)4;1-5-12-8(11)10(6-7-10)9(2,3)4;2*1-10(2,3)9-7-5-4-6-8-9;1-9(2,3)8-6-4-5-7-8;1-8(2,3)7-4-5-9-6-7;1-7(2,3)8(4,5)6;1-7(2,3)6-4-5-6;1-6(2)7(3,4)5;1-5-6-7(2,3)4;1-5(7)6(2,3)4/h1H,6-8H2,2-4H3;1H,6-9H2,2-4H3;5-7H2,1-4H3;9H,4-8H2,1-3H3;4-8H,1-3H3;8H,4-7H2,1-3H3;7H,4-6H2,1-3H3;1-6H3;6H,4-5H2,1-3H3;6H,1-5H3;1H,6H2,2-4H3;1-4H3. The van der Waals surface area contributed by atoms with Crippen LogP contribution in [0.15, 0.2) is 30.3 Å². The monoisotopic (exact) mass is 1550 g/mol. The molecular formula is C104H192O7. The first-order valence-electron chi connectivity index (χ1n) is 44.0. The molecule has 7 aliphatic rings. The molecule has 8 rings (SSSR count). The minimum atomic E-state index is -0.260. The number of carbonyl (C=O) groups excluding carboxylic acids is 3. The van der Waals surface area contributed by atoms with Crippen molar-refractivity contribution >= 4 is 17.7 Å². The molecule has 6 saturated carbocycles. The van der Waals surface area contributed by atoms with E-state index in [4.69, 9.17) is 38.2 Å². The summed E-state index contributed by atoms with van der Waals surface area (Å²) in [6.45, 7) is 98.4. The van der Waals surface area contributed by atoms with Gasteiger partial charge in [-0.3, -0.25) is 14.4 Å². The molecule has 1 heterocycles. The number of hydrogen-bond donors (Lipinski definition) is 0. The number of ether oxygens (including phenoxy) is 4. The lowest BCUT2D eigenvalue weighted by Crippen LogP contribution is -2.32. The molecule has 1 aromatic carbocycles. The largest absolute Gasteiger partial charge is 0.466 e. The van der Waals surface area contributed by atoms with Crippen LogP contribution in [0.1, 0.15) is 425 Å². The topological polar surface area (TPSA) is 88.1 Å². The summed E-state index contributed by atoms with van der Waals surface area (Å²) in [5.74, 6) is 12.2. The highest BCUT2D eigenvalue weighted by Gasteiger charge is 2.60. The zero-order valence-corrected chi connectivity index (χ0v) is 82.5. The molecule has 1 unspecified atom stereocenters. The fourth-order valence-electron chi connectivity index (χ4n) is 12.0. The number of rotatable bonds is 7. The SMILES string of the molecule is C#CCC(C)(C)C.C#CCOC(=O)C1(C(C)(C)C)CC1.C#CCOCC1(C(C)(C)C)CC1.CC(=O)C(C)(C)C.CC(C)(C)C(C)(C)C.CC(C)(C)C1CC1.CC(C)(C)C1CCCC1.CC(C)(C)C1CCCCC1.CC(C)(C)C1CCOC1.CC(C)(C)c1ccccc1.CC(C)C(C)(C)C.CCOC(=O)C1(C(C)(C)C)CC1. The molecule has 0 amide bonds. The average molecular weight is 1550 g/mol. The van der Waals surface area contributed by atoms with Crippen LogP contribution in [0, 0.1) is 148 Å². The molecule has 6 aliphatic carbocycles. The highest BCUT2D eigenvalue weighted by Crippen LogP contribution is 2.61. The van der Waals surface area contributed by atoms with E-state index in [0.29, 0.717) is 72.8 Å². The molecule has 1 saturated heterocycles. The van der Waals surface area contributed by atoms with Crippen LogP contribution in [0.4, 0.5) is 0 Å². The molecule has 0 spiro atoms. The maximum Gasteiger partial charge on any atom is 0.313 e. The molecule has 111 heavy (non-hydrogen) atoms. The van der Waals surface area contributed by atoms with E-state index in [0.717, 1.165) is 81.5 Å². The molecular weight excluding hydrogens is 1360 g/mol. The van der Waals surface area contributed by atoms with Crippen molar-refractivity contribution in [3.63, 3.8) is 0 Å². The van der Waals surface area contributed by atoms with Gasteiger partial charge in [-0.05, 0) is 203 Å². The van der Waals surface area contributed by atoms with Crippen molar-refractivity contribution in [2.75, 3.05) is 39.6 Å². The molecule has 0 aromatic heterocycles. The number of benzene rings is 1. The predicted octanol–water partition coefficient (Wildman–Crippen LogP) is 30.6. The Bertz CT molecular complexity index is 2720. The minimum absolute atomic E-state index is 0.00231. The van der Waals surface area contributed by atoms with Crippen LogP contribution in [0.2, 0.25) is 0 Å². The van der Waals surface area contributed by atoms with Crippen molar-refractivity contribution in [1.82, 2.24) is 0 Å². The van der Waals surface area contributed by atoms with Crippen LogP contribution in [-0.2, 0) is 38.7 Å². The normalized spacial score (nSPS) is 18.6. The number of esters is 2. The fraction of sp³-hybridized carbons (Fsp3) is 0.856. The van der Waals surface area contributed by atoms with Gasteiger partial charge in [0.1, 0.15) is 12.4 Å². The van der Waals surface area contributed by atoms with Gasteiger partial charge in [-0.1, -0.05) is 358 Å². The molecule has 7 heteroatoms. The molecule has 7 nitrogen and oxygen atoms in total. The van der Waals surface area contributed by atoms with Crippen molar-refractivity contribution in [3.8, 4) is 37.0 Å². The Morgan fingerprint density at radius 3 is 0.955 bits per heavy atom. The highest BCUT2D eigenvalue weighted by molar-refractivity contribution is 5.82. The third kappa shape index (κ3) is 50.6. The van der Waals surface area contributed by atoms with Crippen LogP contribution in [0.5, 0.6) is 0 Å². The van der Waals surface area contributed by atoms with Gasteiger partial charge in [-0.2, -0.15) is 0 Å². The molecule has 0 N–H and O–H groups in total. The van der Waals surface area contributed by atoms with E-state index in [-0.39, 0.29) is 51.4 Å². The number of hydrogen-bond acceptors (Lipinski definition) is 7. The Labute approximate surface area is 695 Å². The second-order valence-electron chi connectivity index (χ2n) is 47.9. The van der Waals surface area contributed by atoms with Crippen LogP contribution in [0.25, 0.3) is 0 Å². The van der Waals surface area contributed by atoms with Gasteiger partial charge >= 0.3 is 11.9 Å². The summed E-state index contributed by atoms with van der Waals surface area (Å²) in [5, 5.41) is 0. The predicted molar refractivity (Wildman–Crippen MR) is 489 cm³/mol. The third-order valence-electron chi connectivity index (χ3n) is 25.4. The maximum atomic E-state index is 11.6. The van der Waals surface area contributed by atoms with Gasteiger partial charge in [0, 0.05) is 25.0 Å². The zero-order chi connectivity index (χ0) is 88.4. The summed E-state index contributed by atoms with van der Waals surface area (Å²) in [5.41, 5.74) is 5.86. The second-order valence-corrected chi connectivity index (χ2v) is 47.9. The Morgan fingerprint density at radius 1 is 0.450 bits per heavy atom. The summed E-state index contributed by atoms with van der Waals surface area (Å²) in [4.78, 5) is 33.6. The van der Waals surface area contributed by atoms with Crippen molar-refractivity contribution in [3.05, 3.63) is 35.9 Å². The van der Waals surface area contributed by atoms with Crippen LogP contribution < -0.4 is 0 Å². The smallest absolute Gasteiger partial charge is 0.313 e.